The summed E-state index contributed by atoms with van der Waals surface area (Å²) in [5.74, 6) is -0.598. The van der Waals surface area contributed by atoms with Gasteiger partial charge in [0.2, 0.25) is 0 Å². The van der Waals surface area contributed by atoms with Crippen molar-refractivity contribution in [2.75, 3.05) is 13.7 Å². The van der Waals surface area contributed by atoms with Crippen molar-refractivity contribution >= 4 is 11.9 Å². The maximum atomic E-state index is 12.4. The lowest BCUT2D eigenvalue weighted by molar-refractivity contribution is 0.0592. The molecule has 0 aliphatic carbocycles. The first-order valence-electron chi connectivity index (χ1n) is 6.83. The molecule has 1 aliphatic rings. The molecule has 0 saturated heterocycles. The molecule has 1 amide bonds. The van der Waals surface area contributed by atoms with Gasteiger partial charge in [0.25, 0.3) is 5.91 Å². The number of fused-ring (bicyclic) bond motifs is 1. The molecule has 1 aromatic carbocycles. The number of H-pyrrole nitrogens is 1. The van der Waals surface area contributed by atoms with Crippen molar-refractivity contribution in [3.63, 3.8) is 0 Å². The number of nitrogens with one attached hydrogen (secondary N) is 1. The van der Waals surface area contributed by atoms with Gasteiger partial charge in [0.05, 0.1) is 19.3 Å². The lowest BCUT2D eigenvalue weighted by Gasteiger charge is -2.26. The third kappa shape index (κ3) is 2.41. The Morgan fingerprint density at radius 2 is 2.23 bits per heavy atom. The molecule has 2 heterocycles. The van der Waals surface area contributed by atoms with Crippen molar-refractivity contribution in [1.29, 1.82) is 0 Å². The van der Waals surface area contributed by atoms with Gasteiger partial charge in [-0.15, -0.1) is 0 Å². The zero-order chi connectivity index (χ0) is 15.7. The first-order chi connectivity index (χ1) is 10.6. The Morgan fingerprint density at radius 1 is 1.41 bits per heavy atom. The van der Waals surface area contributed by atoms with Gasteiger partial charge in [-0.2, -0.15) is 5.10 Å². The number of hydrogen-bond donors (Lipinski definition) is 2. The summed E-state index contributed by atoms with van der Waals surface area (Å²) in [6.45, 7) is 0.818. The summed E-state index contributed by atoms with van der Waals surface area (Å²) in [7, 11) is 1.31. The van der Waals surface area contributed by atoms with E-state index in [0.717, 1.165) is 11.3 Å². The summed E-state index contributed by atoms with van der Waals surface area (Å²) in [5.41, 5.74) is 2.24. The fraction of sp³-hybridized carbons (Fsp3) is 0.267. The second-order valence-electron chi connectivity index (χ2n) is 5.05. The minimum atomic E-state index is -0.481. The molecule has 0 saturated carbocycles. The van der Waals surface area contributed by atoms with E-state index < -0.39 is 5.97 Å². The van der Waals surface area contributed by atoms with Gasteiger partial charge in [0, 0.05) is 17.7 Å². The summed E-state index contributed by atoms with van der Waals surface area (Å²) >= 11 is 0. The van der Waals surface area contributed by atoms with Crippen molar-refractivity contribution in [2.24, 2.45) is 0 Å². The Morgan fingerprint density at radius 3 is 2.95 bits per heavy atom. The highest BCUT2D eigenvalue weighted by Gasteiger charge is 2.28. The number of rotatable bonds is 2. The predicted octanol–water partition coefficient (Wildman–Crippen LogP) is 1.10. The fourth-order valence-corrected chi connectivity index (χ4v) is 2.58. The predicted molar refractivity (Wildman–Crippen MR) is 76.5 cm³/mol. The molecule has 1 aromatic heterocycles. The van der Waals surface area contributed by atoms with Crippen LogP contribution in [0.25, 0.3) is 0 Å². The number of phenols is 1. The molecule has 7 nitrogen and oxygen atoms in total. The second kappa shape index (κ2) is 5.51. The minimum Gasteiger partial charge on any atom is -0.508 e. The number of aromatic hydroxyl groups is 1. The number of aromatic amines is 1. The number of carbonyl (C=O) groups is 2. The molecule has 1 aliphatic heterocycles. The largest absolute Gasteiger partial charge is 0.508 e. The molecule has 2 N–H and O–H groups in total. The van der Waals surface area contributed by atoms with Crippen LogP contribution in [0.4, 0.5) is 0 Å². The van der Waals surface area contributed by atoms with Crippen LogP contribution in [0.3, 0.4) is 0 Å². The van der Waals surface area contributed by atoms with Crippen molar-refractivity contribution < 1.29 is 19.4 Å². The van der Waals surface area contributed by atoms with Gasteiger partial charge in [-0.05, 0) is 24.6 Å². The topological polar surface area (TPSA) is 95.5 Å². The monoisotopic (exact) mass is 301 g/mol. The number of nitrogens with zero attached hydrogens (tertiary/aromatic N) is 2. The van der Waals surface area contributed by atoms with Gasteiger partial charge >= 0.3 is 5.97 Å². The van der Waals surface area contributed by atoms with E-state index >= 15 is 0 Å². The molecule has 0 fully saturated rings. The number of carbonyl (C=O) groups excluding carboxylic acids is 2. The summed E-state index contributed by atoms with van der Waals surface area (Å²) in [4.78, 5) is 25.7. The minimum absolute atomic E-state index is 0.0538. The average molecular weight is 301 g/mol. The van der Waals surface area contributed by atoms with Crippen LogP contribution < -0.4 is 0 Å². The highest BCUT2D eigenvalue weighted by Crippen LogP contribution is 2.23. The summed E-state index contributed by atoms with van der Waals surface area (Å²) in [6.07, 6.45) is 0.529. The molecule has 22 heavy (non-hydrogen) atoms. The van der Waals surface area contributed by atoms with Crippen LogP contribution in [-0.2, 0) is 17.7 Å². The van der Waals surface area contributed by atoms with Crippen LogP contribution in [0.2, 0.25) is 0 Å². The van der Waals surface area contributed by atoms with Crippen molar-refractivity contribution in [3.05, 3.63) is 46.8 Å². The number of esters is 1. The summed E-state index contributed by atoms with van der Waals surface area (Å²) in [6, 6.07) is 6.24. The van der Waals surface area contributed by atoms with E-state index in [1.54, 1.807) is 17.0 Å². The van der Waals surface area contributed by atoms with Crippen LogP contribution in [0.15, 0.2) is 24.3 Å². The maximum absolute atomic E-state index is 12.4. The van der Waals surface area contributed by atoms with Crippen molar-refractivity contribution in [2.45, 2.75) is 13.0 Å². The molecule has 2 aromatic rings. The number of benzene rings is 1. The SMILES string of the molecule is COC(=O)c1n[nH]c2c1CCN(C(=O)c1cccc(O)c1)C2. The quantitative estimate of drug-likeness (QED) is 0.810. The highest BCUT2D eigenvalue weighted by molar-refractivity contribution is 5.95. The van der Waals surface area contributed by atoms with Crippen LogP contribution >= 0.6 is 0 Å². The smallest absolute Gasteiger partial charge is 0.358 e. The van der Waals surface area contributed by atoms with E-state index in [2.05, 4.69) is 14.9 Å². The normalized spacial score (nSPS) is 13.6. The Hall–Kier alpha value is -2.83. The van der Waals surface area contributed by atoms with Gasteiger partial charge in [-0.3, -0.25) is 9.89 Å². The van der Waals surface area contributed by atoms with Gasteiger partial charge in [-0.25, -0.2) is 4.79 Å². The van der Waals surface area contributed by atoms with E-state index in [-0.39, 0.29) is 17.4 Å². The Bertz CT molecular complexity index is 738. The van der Waals surface area contributed by atoms with E-state index in [4.69, 9.17) is 0 Å². The van der Waals surface area contributed by atoms with Gasteiger partial charge in [-0.1, -0.05) is 6.07 Å². The number of phenolic OH excluding ortho intramolecular Hbond substituents is 1. The fourth-order valence-electron chi connectivity index (χ4n) is 2.58. The van der Waals surface area contributed by atoms with E-state index in [1.807, 2.05) is 0 Å². The van der Waals surface area contributed by atoms with E-state index in [9.17, 15) is 14.7 Å². The first kappa shape index (κ1) is 14.1. The molecule has 114 valence electrons. The molecule has 0 atom stereocenters. The van der Waals surface area contributed by atoms with Crippen LogP contribution in [-0.4, -0.2) is 45.7 Å². The van der Waals surface area contributed by atoms with E-state index in [0.29, 0.717) is 25.1 Å². The zero-order valence-corrected chi connectivity index (χ0v) is 12.0. The molecular weight excluding hydrogens is 286 g/mol. The maximum Gasteiger partial charge on any atom is 0.358 e. The van der Waals surface area contributed by atoms with Gasteiger partial charge in [0.15, 0.2) is 5.69 Å². The Balaban J connectivity index is 1.81. The third-order valence-corrected chi connectivity index (χ3v) is 3.69. The number of aromatic nitrogens is 2. The number of hydrogen-bond acceptors (Lipinski definition) is 5. The molecule has 0 radical (unpaired) electrons. The first-order valence-corrected chi connectivity index (χ1v) is 6.83. The lowest BCUT2D eigenvalue weighted by atomic mass is 10.0. The van der Waals surface area contributed by atoms with Gasteiger partial charge < -0.3 is 14.7 Å². The van der Waals surface area contributed by atoms with Gasteiger partial charge in [0.1, 0.15) is 5.75 Å². The lowest BCUT2D eigenvalue weighted by Crippen LogP contribution is -2.36. The third-order valence-electron chi connectivity index (χ3n) is 3.69. The summed E-state index contributed by atoms with van der Waals surface area (Å²) in [5, 5.41) is 16.2. The van der Waals surface area contributed by atoms with Crippen LogP contribution in [0, 0.1) is 0 Å². The molecule has 0 bridgehead atoms. The molecule has 3 rings (SSSR count). The van der Waals surface area contributed by atoms with Crippen molar-refractivity contribution in [3.8, 4) is 5.75 Å². The molecule has 0 spiro atoms. The number of methoxy groups -OCH3 is 1. The van der Waals surface area contributed by atoms with E-state index in [1.165, 1.54) is 19.2 Å². The molecule has 0 unspecified atom stereocenters. The highest BCUT2D eigenvalue weighted by atomic mass is 16.5. The zero-order valence-electron chi connectivity index (χ0n) is 12.0. The average Bonchev–Trinajstić information content (AvgIpc) is 2.96. The number of ether oxygens (including phenoxy) is 1. The molecular formula is C15H15N3O4. The standard InChI is InChI=1S/C15H15N3O4/c1-22-15(21)13-11-5-6-18(8-12(11)16-17-13)14(20)9-3-2-4-10(19)7-9/h2-4,7,19H,5-6,8H2,1H3,(H,16,17). The van der Waals surface area contributed by atoms with Crippen LogP contribution in [0.1, 0.15) is 32.1 Å². The summed E-state index contributed by atoms with van der Waals surface area (Å²) < 4.78 is 4.69. The van der Waals surface area contributed by atoms with Crippen LogP contribution in [0.5, 0.6) is 5.75 Å². The van der Waals surface area contributed by atoms with Crippen molar-refractivity contribution in [1.82, 2.24) is 15.1 Å². The second-order valence-corrected chi connectivity index (χ2v) is 5.05. The number of amides is 1. The Kier molecular flexibility index (Phi) is 3.54. The molecule has 7 heteroatoms. The Labute approximate surface area is 126 Å².